The number of nitrogens with one attached hydrogen (secondary N) is 1. The molecule has 1 fully saturated rings. The zero-order chi connectivity index (χ0) is 21.1. The summed E-state index contributed by atoms with van der Waals surface area (Å²) in [5, 5.41) is 33.5. The van der Waals surface area contributed by atoms with Crippen LogP contribution in [-0.2, 0) is 6.54 Å². The van der Waals surface area contributed by atoms with Crippen molar-refractivity contribution in [3.63, 3.8) is 0 Å². The van der Waals surface area contributed by atoms with Crippen LogP contribution in [-0.4, -0.2) is 41.6 Å². The predicted molar refractivity (Wildman–Crippen MR) is 117 cm³/mol. The highest BCUT2D eigenvalue weighted by molar-refractivity contribution is 6.32. The van der Waals surface area contributed by atoms with Crippen LogP contribution in [0.5, 0.6) is 5.75 Å². The summed E-state index contributed by atoms with van der Waals surface area (Å²) >= 11 is 6.22. The number of benzene rings is 2. The predicted octanol–water partition coefficient (Wildman–Crippen LogP) is 3.74. The van der Waals surface area contributed by atoms with Crippen molar-refractivity contribution < 1.29 is 9.84 Å². The molecule has 0 radical (unpaired) electrons. The van der Waals surface area contributed by atoms with Gasteiger partial charge in [0, 0.05) is 36.1 Å². The summed E-state index contributed by atoms with van der Waals surface area (Å²) in [7, 11) is 1.58. The molecule has 0 unspecified atom stereocenters. The summed E-state index contributed by atoms with van der Waals surface area (Å²) in [6.45, 7) is 1.97. The van der Waals surface area contributed by atoms with Crippen LogP contribution in [0.2, 0.25) is 5.02 Å². The number of ether oxygens (including phenoxy) is 1. The summed E-state index contributed by atoms with van der Waals surface area (Å²) in [6.07, 6.45) is 2.88. The quantitative estimate of drug-likeness (QED) is 0.645. The highest BCUT2D eigenvalue weighted by Gasteiger charge is 2.20. The summed E-state index contributed by atoms with van der Waals surface area (Å²) in [5.41, 5.74) is 2.48. The third kappa shape index (κ3) is 4.11. The van der Waals surface area contributed by atoms with Gasteiger partial charge in [-0.05, 0) is 42.7 Å². The number of rotatable bonds is 5. The number of piperidine rings is 1. The standard InChI is InChI=1S/C22H22ClN5O2/c1-30-21-3-2-14(9-19(21)23)12-25-22-17-8-15(11-24)10-20(18(17)13-26-27-22)28-6-4-16(29)5-7-28/h2-3,8-10,13,16,29H,4-7,12H2,1H3,(H,25,27). The molecule has 1 aliphatic rings. The van der Waals surface area contributed by atoms with Gasteiger partial charge in [-0.25, -0.2) is 0 Å². The lowest BCUT2D eigenvalue weighted by molar-refractivity contribution is 0.145. The van der Waals surface area contributed by atoms with Crippen LogP contribution in [0.1, 0.15) is 24.0 Å². The van der Waals surface area contributed by atoms with Gasteiger partial charge >= 0.3 is 0 Å². The second-order valence-corrected chi connectivity index (χ2v) is 7.71. The van der Waals surface area contributed by atoms with Crippen molar-refractivity contribution in [3.8, 4) is 11.8 Å². The molecular formula is C22H22ClN5O2. The maximum Gasteiger partial charge on any atom is 0.156 e. The highest BCUT2D eigenvalue weighted by atomic mass is 35.5. The Balaban J connectivity index is 1.66. The molecule has 30 heavy (non-hydrogen) atoms. The molecule has 7 nitrogen and oxygen atoms in total. The van der Waals surface area contributed by atoms with Crippen LogP contribution in [0.15, 0.2) is 36.5 Å². The molecule has 8 heteroatoms. The highest BCUT2D eigenvalue weighted by Crippen LogP contribution is 2.33. The maximum absolute atomic E-state index is 9.83. The van der Waals surface area contributed by atoms with Crippen molar-refractivity contribution in [3.05, 3.63) is 52.7 Å². The van der Waals surface area contributed by atoms with Gasteiger partial charge in [0.2, 0.25) is 0 Å². The second kappa shape index (κ2) is 8.74. The number of anilines is 2. The molecule has 0 aliphatic carbocycles. The molecule has 3 aromatic rings. The first-order valence-electron chi connectivity index (χ1n) is 9.78. The number of fused-ring (bicyclic) bond motifs is 1. The SMILES string of the molecule is COc1ccc(CNc2nncc3c(N4CCC(O)CC4)cc(C#N)cc23)cc1Cl. The van der Waals surface area contributed by atoms with Gasteiger partial charge in [0.15, 0.2) is 5.82 Å². The number of nitrogens with zero attached hydrogens (tertiary/aromatic N) is 4. The Bertz CT molecular complexity index is 1110. The molecule has 1 aliphatic heterocycles. The molecule has 2 aromatic carbocycles. The van der Waals surface area contributed by atoms with E-state index in [1.807, 2.05) is 30.3 Å². The van der Waals surface area contributed by atoms with Crippen LogP contribution in [0.4, 0.5) is 11.5 Å². The first kappa shape index (κ1) is 20.2. The van der Waals surface area contributed by atoms with E-state index in [4.69, 9.17) is 16.3 Å². The molecular weight excluding hydrogens is 402 g/mol. The monoisotopic (exact) mass is 423 g/mol. The van der Waals surface area contributed by atoms with Crippen molar-refractivity contribution >= 4 is 33.9 Å². The third-order valence-electron chi connectivity index (χ3n) is 5.37. The third-order valence-corrected chi connectivity index (χ3v) is 5.66. The van der Waals surface area contributed by atoms with Crippen LogP contribution < -0.4 is 15.0 Å². The summed E-state index contributed by atoms with van der Waals surface area (Å²) in [5.74, 6) is 1.23. The average Bonchev–Trinajstić information content (AvgIpc) is 2.77. The fraction of sp³-hybridized carbons (Fsp3) is 0.318. The fourth-order valence-electron chi connectivity index (χ4n) is 3.74. The van der Waals surface area contributed by atoms with Gasteiger partial charge in [0.05, 0.1) is 36.1 Å². The lowest BCUT2D eigenvalue weighted by atomic mass is 10.0. The van der Waals surface area contributed by atoms with Crippen molar-refractivity contribution in [1.29, 1.82) is 5.26 Å². The van der Waals surface area contributed by atoms with Crippen molar-refractivity contribution in [2.45, 2.75) is 25.5 Å². The van der Waals surface area contributed by atoms with Crippen LogP contribution in [0.25, 0.3) is 10.8 Å². The summed E-state index contributed by atoms with van der Waals surface area (Å²) in [6, 6.07) is 11.6. The number of nitriles is 1. The fourth-order valence-corrected chi connectivity index (χ4v) is 4.02. The minimum Gasteiger partial charge on any atom is -0.495 e. The van der Waals surface area contributed by atoms with Gasteiger partial charge in [-0.1, -0.05) is 17.7 Å². The number of hydrogen-bond acceptors (Lipinski definition) is 7. The number of methoxy groups -OCH3 is 1. The smallest absolute Gasteiger partial charge is 0.156 e. The molecule has 154 valence electrons. The van der Waals surface area contributed by atoms with Gasteiger partial charge < -0.3 is 20.1 Å². The van der Waals surface area contributed by atoms with Crippen molar-refractivity contribution in [2.24, 2.45) is 0 Å². The number of hydrogen-bond donors (Lipinski definition) is 2. The normalized spacial score (nSPS) is 14.5. The Hall–Kier alpha value is -3.08. The number of aliphatic hydroxyl groups is 1. The average molecular weight is 424 g/mol. The topological polar surface area (TPSA) is 94.3 Å². The maximum atomic E-state index is 9.83. The van der Waals surface area contributed by atoms with Crippen molar-refractivity contribution in [1.82, 2.24) is 10.2 Å². The Kier molecular flexibility index (Phi) is 5.88. The van der Waals surface area contributed by atoms with Crippen molar-refractivity contribution in [2.75, 3.05) is 30.4 Å². The van der Waals surface area contributed by atoms with Gasteiger partial charge in [0.1, 0.15) is 5.75 Å². The number of halogens is 1. The Morgan fingerprint density at radius 2 is 2.07 bits per heavy atom. The van der Waals surface area contributed by atoms with Gasteiger partial charge in [-0.3, -0.25) is 0 Å². The van der Waals surface area contributed by atoms with E-state index in [1.54, 1.807) is 13.3 Å². The number of aliphatic hydroxyl groups excluding tert-OH is 1. The Morgan fingerprint density at radius 1 is 1.27 bits per heavy atom. The largest absolute Gasteiger partial charge is 0.495 e. The molecule has 0 atom stereocenters. The zero-order valence-electron chi connectivity index (χ0n) is 16.6. The summed E-state index contributed by atoms with van der Waals surface area (Å²) in [4.78, 5) is 2.20. The van der Waals surface area contributed by atoms with Gasteiger partial charge in [-0.2, -0.15) is 10.4 Å². The molecule has 0 spiro atoms. The zero-order valence-corrected chi connectivity index (χ0v) is 17.4. The van der Waals surface area contributed by atoms with Crippen LogP contribution in [0.3, 0.4) is 0 Å². The molecule has 1 aromatic heterocycles. The van der Waals surface area contributed by atoms with E-state index < -0.39 is 0 Å². The molecule has 2 N–H and O–H groups in total. The molecule has 0 amide bonds. The first-order valence-corrected chi connectivity index (χ1v) is 10.2. The van der Waals surface area contributed by atoms with E-state index in [0.717, 1.165) is 35.1 Å². The second-order valence-electron chi connectivity index (χ2n) is 7.30. The first-order chi connectivity index (χ1) is 14.6. The van der Waals surface area contributed by atoms with Crippen LogP contribution >= 0.6 is 11.6 Å². The lowest BCUT2D eigenvalue weighted by Crippen LogP contribution is -2.36. The van der Waals surface area contributed by atoms with E-state index in [9.17, 15) is 10.4 Å². The lowest BCUT2D eigenvalue weighted by Gasteiger charge is -2.32. The van der Waals surface area contributed by atoms with Crippen LogP contribution in [0, 0.1) is 11.3 Å². The van der Waals surface area contributed by atoms with E-state index in [-0.39, 0.29) is 6.10 Å². The summed E-state index contributed by atoms with van der Waals surface area (Å²) < 4.78 is 5.20. The molecule has 2 heterocycles. The molecule has 4 rings (SSSR count). The van der Waals surface area contributed by atoms with E-state index >= 15 is 0 Å². The minimum atomic E-state index is -0.264. The van der Waals surface area contributed by atoms with Gasteiger partial charge in [0.25, 0.3) is 0 Å². The number of aromatic nitrogens is 2. The van der Waals surface area contributed by atoms with E-state index in [2.05, 4.69) is 26.5 Å². The minimum absolute atomic E-state index is 0.264. The Morgan fingerprint density at radius 3 is 2.77 bits per heavy atom. The molecule has 0 bridgehead atoms. The molecule has 1 saturated heterocycles. The van der Waals surface area contributed by atoms with E-state index in [1.165, 1.54) is 0 Å². The van der Waals surface area contributed by atoms with Gasteiger partial charge in [-0.15, -0.1) is 5.10 Å². The van der Waals surface area contributed by atoms with E-state index in [0.29, 0.717) is 41.5 Å². The molecule has 0 saturated carbocycles. The Labute approximate surface area is 179 Å².